The van der Waals surface area contributed by atoms with E-state index in [1.807, 2.05) is 19.9 Å². The van der Waals surface area contributed by atoms with Gasteiger partial charge in [-0.2, -0.15) is 0 Å². The van der Waals surface area contributed by atoms with E-state index in [1.54, 1.807) is 0 Å². The molecule has 2 rings (SSSR count). The third-order valence-electron chi connectivity index (χ3n) is 4.35. The highest BCUT2D eigenvalue weighted by Crippen LogP contribution is 2.31. The van der Waals surface area contributed by atoms with Gasteiger partial charge in [0, 0.05) is 17.8 Å². The molecule has 0 heterocycles. The van der Waals surface area contributed by atoms with Crippen LogP contribution in [0.2, 0.25) is 0 Å². The lowest BCUT2D eigenvalue weighted by Crippen LogP contribution is -2.20. The van der Waals surface area contributed by atoms with Crippen LogP contribution in [0.4, 0.5) is 5.69 Å². The molecular formula is C16H25NO. The Morgan fingerprint density at radius 1 is 1.17 bits per heavy atom. The molecule has 0 atom stereocenters. The van der Waals surface area contributed by atoms with Crippen LogP contribution in [-0.2, 0) is 0 Å². The van der Waals surface area contributed by atoms with Crippen LogP contribution in [0.15, 0.2) is 12.1 Å². The van der Waals surface area contributed by atoms with Crippen LogP contribution in [0, 0.1) is 25.7 Å². The first-order valence-electron chi connectivity index (χ1n) is 7.11. The van der Waals surface area contributed by atoms with Crippen molar-refractivity contribution in [1.29, 1.82) is 0 Å². The van der Waals surface area contributed by atoms with Crippen molar-refractivity contribution in [3.8, 4) is 5.75 Å². The number of aryl methyl sites for hydroxylation is 1. The first kappa shape index (κ1) is 13.3. The van der Waals surface area contributed by atoms with Gasteiger partial charge in [0.1, 0.15) is 5.75 Å². The van der Waals surface area contributed by atoms with Crippen LogP contribution >= 0.6 is 0 Å². The van der Waals surface area contributed by atoms with E-state index < -0.39 is 0 Å². The van der Waals surface area contributed by atoms with Gasteiger partial charge in [-0.1, -0.05) is 25.8 Å². The number of phenols is 1. The number of hydrogen-bond donors (Lipinski definition) is 2. The molecule has 18 heavy (non-hydrogen) atoms. The second-order valence-electron chi connectivity index (χ2n) is 5.91. The molecule has 0 radical (unpaired) electrons. The van der Waals surface area contributed by atoms with E-state index in [2.05, 4.69) is 18.3 Å². The van der Waals surface area contributed by atoms with Crippen LogP contribution in [0.3, 0.4) is 0 Å². The van der Waals surface area contributed by atoms with E-state index in [4.69, 9.17) is 0 Å². The third kappa shape index (κ3) is 2.98. The second kappa shape index (κ2) is 5.64. The lowest BCUT2D eigenvalue weighted by atomic mass is 9.83. The summed E-state index contributed by atoms with van der Waals surface area (Å²) in [4.78, 5) is 0. The third-order valence-corrected chi connectivity index (χ3v) is 4.35. The van der Waals surface area contributed by atoms with E-state index in [1.165, 1.54) is 25.7 Å². The minimum atomic E-state index is 0.428. The zero-order valence-electron chi connectivity index (χ0n) is 11.8. The molecule has 0 spiro atoms. The molecule has 0 aliphatic heterocycles. The summed E-state index contributed by atoms with van der Waals surface area (Å²) in [7, 11) is 0. The highest BCUT2D eigenvalue weighted by atomic mass is 16.3. The van der Waals surface area contributed by atoms with Gasteiger partial charge in [0.2, 0.25) is 0 Å². The smallest absolute Gasteiger partial charge is 0.123 e. The molecule has 2 nitrogen and oxygen atoms in total. The molecule has 0 bridgehead atoms. The number of phenolic OH excluding ortho intramolecular Hbond substituents is 1. The van der Waals surface area contributed by atoms with Gasteiger partial charge in [-0.15, -0.1) is 0 Å². The summed E-state index contributed by atoms with van der Waals surface area (Å²) >= 11 is 0. The van der Waals surface area contributed by atoms with Gasteiger partial charge >= 0.3 is 0 Å². The fourth-order valence-corrected chi connectivity index (χ4v) is 2.81. The molecule has 1 aromatic rings. The number of hydrogen-bond acceptors (Lipinski definition) is 2. The zero-order chi connectivity index (χ0) is 13.1. The quantitative estimate of drug-likeness (QED) is 0.837. The normalized spacial score (nSPS) is 23.9. The van der Waals surface area contributed by atoms with Gasteiger partial charge in [-0.05, 0) is 50.2 Å². The molecule has 1 fully saturated rings. The molecule has 2 heteroatoms. The minimum Gasteiger partial charge on any atom is -0.507 e. The van der Waals surface area contributed by atoms with Crippen molar-refractivity contribution >= 4 is 5.69 Å². The largest absolute Gasteiger partial charge is 0.507 e. The first-order valence-corrected chi connectivity index (χ1v) is 7.11. The fraction of sp³-hybridized carbons (Fsp3) is 0.625. The van der Waals surface area contributed by atoms with Gasteiger partial charge < -0.3 is 10.4 Å². The maximum absolute atomic E-state index is 9.92. The zero-order valence-corrected chi connectivity index (χ0v) is 11.8. The van der Waals surface area contributed by atoms with Crippen molar-refractivity contribution < 1.29 is 5.11 Å². The van der Waals surface area contributed by atoms with Crippen molar-refractivity contribution in [3.05, 3.63) is 23.3 Å². The number of anilines is 1. The van der Waals surface area contributed by atoms with Gasteiger partial charge in [0.15, 0.2) is 0 Å². The summed E-state index contributed by atoms with van der Waals surface area (Å²) in [6, 6.07) is 4.06. The Balaban J connectivity index is 1.92. The summed E-state index contributed by atoms with van der Waals surface area (Å²) in [5.74, 6) is 2.13. The van der Waals surface area contributed by atoms with Crippen LogP contribution in [0.5, 0.6) is 5.75 Å². The Hall–Kier alpha value is -1.18. The Morgan fingerprint density at radius 3 is 2.50 bits per heavy atom. The predicted octanol–water partition coefficient (Wildman–Crippen LogP) is 4.25. The molecule has 1 saturated carbocycles. The summed E-state index contributed by atoms with van der Waals surface area (Å²) in [6.45, 7) is 7.31. The van der Waals surface area contributed by atoms with Crippen molar-refractivity contribution in [1.82, 2.24) is 0 Å². The van der Waals surface area contributed by atoms with E-state index in [-0.39, 0.29) is 0 Å². The number of nitrogens with one attached hydrogen (secondary N) is 1. The van der Waals surface area contributed by atoms with E-state index >= 15 is 0 Å². The van der Waals surface area contributed by atoms with Gasteiger partial charge in [-0.25, -0.2) is 0 Å². The molecule has 0 unspecified atom stereocenters. The Labute approximate surface area is 110 Å². The Kier molecular flexibility index (Phi) is 4.15. The SMILES string of the molecule is Cc1ccc(NCC2CCC(C)CC2)c(C)c1O. The van der Waals surface area contributed by atoms with Crippen LogP contribution in [0.1, 0.15) is 43.7 Å². The highest BCUT2D eigenvalue weighted by molar-refractivity contribution is 5.59. The molecule has 2 N–H and O–H groups in total. The average Bonchev–Trinajstić information content (AvgIpc) is 2.37. The van der Waals surface area contributed by atoms with Crippen LogP contribution < -0.4 is 5.32 Å². The van der Waals surface area contributed by atoms with Crippen molar-refractivity contribution in [2.24, 2.45) is 11.8 Å². The second-order valence-corrected chi connectivity index (χ2v) is 5.91. The van der Waals surface area contributed by atoms with E-state index in [0.29, 0.717) is 5.75 Å². The van der Waals surface area contributed by atoms with Crippen molar-refractivity contribution in [3.63, 3.8) is 0 Å². The molecule has 1 aliphatic carbocycles. The van der Waals surface area contributed by atoms with Gasteiger partial charge in [0.25, 0.3) is 0 Å². The van der Waals surface area contributed by atoms with Crippen LogP contribution in [0.25, 0.3) is 0 Å². The number of benzene rings is 1. The number of rotatable bonds is 3. The van der Waals surface area contributed by atoms with Crippen molar-refractivity contribution in [2.75, 3.05) is 11.9 Å². The monoisotopic (exact) mass is 247 g/mol. The molecule has 1 aromatic carbocycles. The maximum atomic E-state index is 9.92. The summed E-state index contributed by atoms with van der Waals surface area (Å²) in [5.41, 5.74) is 3.00. The molecule has 100 valence electrons. The molecule has 0 amide bonds. The summed E-state index contributed by atoms with van der Waals surface area (Å²) in [5, 5.41) is 13.4. The van der Waals surface area contributed by atoms with E-state index in [9.17, 15) is 5.11 Å². The molecule has 0 aromatic heterocycles. The Morgan fingerprint density at radius 2 is 1.83 bits per heavy atom. The minimum absolute atomic E-state index is 0.428. The summed E-state index contributed by atoms with van der Waals surface area (Å²) < 4.78 is 0. The predicted molar refractivity (Wildman–Crippen MR) is 77.2 cm³/mol. The van der Waals surface area contributed by atoms with Crippen LogP contribution in [-0.4, -0.2) is 11.7 Å². The summed E-state index contributed by atoms with van der Waals surface area (Å²) in [6.07, 6.45) is 5.41. The molecule has 1 aliphatic rings. The average molecular weight is 247 g/mol. The highest BCUT2D eigenvalue weighted by Gasteiger charge is 2.18. The van der Waals surface area contributed by atoms with E-state index in [0.717, 1.165) is 35.2 Å². The molecule has 0 saturated heterocycles. The lowest BCUT2D eigenvalue weighted by molar-refractivity contribution is 0.300. The maximum Gasteiger partial charge on any atom is 0.123 e. The van der Waals surface area contributed by atoms with Gasteiger partial charge in [-0.3, -0.25) is 0 Å². The van der Waals surface area contributed by atoms with Crippen molar-refractivity contribution in [2.45, 2.75) is 46.5 Å². The topological polar surface area (TPSA) is 32.3 Å². The first-order chi connectivity index (χ1) is 8.58. The molecular weight excluding hydrogens is 222 g/mol. The lowest BCUT2D eigenvalue weighted by Gasteiger charge is -2.27. The van der Waals surface area contributed by atoms with Gasteiger partial charge in [0.05, 0.1) is 0 Å². The standard InChI is InChI=1S/C16H25NO/c1-11-4-7-14(8-5-11)10-17-15-9-6-12(2)16(18)13(15)3/h6,9,11,14,17-18H,4-5,7-8,10H2,1-3H3. The Bertz CT molecular complexity index is 406. The fourth-order valence-electron chi connectivity index (χ4n) is 2.81. The number of aromatic hydroxyl groups is 1.